The van der Waals surface area contributed by atoms with Crippen molar-refractivity contribution in [3.05, 3.63) is 0 Å². The highest BCUT2D eigenvalue weighted by Crippen LogP contribution is 2.40. The van der Waals surface area contributed by atoms with Crippen LogP contribution in [0.5, 0.6) is 0 Å². The molecule has 0 amide bonds. The fraction of sp³-hybridized carbons (Fsp3) is 1.00. The lowest BCUT2D eigenvalue weighted by molar-refractivity contribution is 0.0687. The Morgan fingerprint density at radius 2 is 1.87 bits per heavy atom. The molecule has 2 rings (SSSR count). The van der Waals surface area contributed by atoms with E-state index in [-0.39, 0.29) is 6.61 Å². The maximum absolute atomic E-state index is 12.2. The van der Waals surface area contributed by atoms with E-state index in [0.717, 1.165) is 6.42 Å². The molecule has 0 bridgehead atoms. The van der Waals surface area contributed by atoms with Crippen molar-refractivity contribution in [2.24, 2.45) is 0 Å². The first-order valence-corrected chi connectivity index (χ1v) is 6.75. The maximum atomic E-state index is 12.2. The second-order valence-electron chi connectivity index (χ2n) is 4.21. The third-order valence-corrected chi connectivity index (χ3v) is 6.09. The zero-order valence-electron chi connectivity index (χ0n) is 8.68. The van der Waals surface area contributed by atoms with Gasteiger partial charge in [-0.15, -0.1) is 0 Å². The van der Waals surface area contributed by atoms with Crippen molar-refractivity contribution < 1.29 is 18.3 Å². The van der Waals surface area contributed by atoms with Crippen molar-refractivity contribution in [1.82, 2.24) is 4.31 Å². The van der Waals surface area contributed by atoms with E-state index in [4.69, 9.17) is 4.74 Å². The van der Waals surface area contributed by atoms with Gasteiger partial charge in [-0.3, -0.25) is 0 Å². The molecular weight excluding hydrogens is 218 g/mol. The molecule has 15 heavy (non-hydrogen) atoms. The van der Waals surface area contributed by atoms with Gasteiger partial charge in [-0.25, -0.2) is 8.42 Å². The monoisotopic (exact) mass is 235 g/mol. The number of nitrogens with zero attached hydrogens (tertiary/aromatic N) is 1. The van der Waals surface area contributed by atoms with Crippen molar-refractivity contribution in [3.8, 4) is 0 Å². The summed E-state index contributed by atoms with van der Waals surface area (Å²) in [5.41, 5.74) is 0. The highest BCUT2D eigenvalue weighted by molar-refractivity contribution is 7.90. The fourth-order valence-corrected chi connectivity index (χ4v) is 4.27. The Balaban J connectivity index is 2.17. The molecular formula is C9H17NO4S. The number of morpholine rings is 1. The highest BCUT2D eigenvalue weighted by Gasteiger charge is 2.51. The number of aliphatic hydroxyl groups excluding tert-OH is 1. The number of sulfonamides is 1. The molecule has 1 aliphatic carbocycles. The number of hydrogen-bond acceptors (Lipinski definition) is 4. The molecule has 0 unspecified atom stereocenters. The summed E-state index contributed by atoms with van der Waals surface area (Å²) < 4.78 is 30.2. The Morgan fingerprint density at radius 3 is 2.27 bits per heavy atom. The number of ether oxygens (including phenoxy) is 1. The van der Waals surface area contributed by atoms with Crippen LogP contribution in [-0.4, -0.2) is 55.5 Å². The van der Waals surface area contributed by atoms with Gasteiger partial charge in [0.2, 0.25) is 10.0 Å². The lowest BCUT2D eigenvalue weighted by atomic mass is 9.85. The van der Waals surface area contributed by atoms with Crippen molar-refractivity contribution in [3.63, 3.8) is 0 Å². The Labute approximate surface area is 90.1 Å². The van der Waals surface area contributed by atoms with E-state index < -0.39 is 14.8 Å². The Bertz CT molecular complexity index is 311. The molecule has 0 aromatic carbocycles. The van der Waals surface area contributed by atoms with Gasteiger partial charge in [0.1, 0.15) is 4.75 Å². The van der Waals surface area contributed by atoms with Gasteiger partial charge in [0, 0.05) is 13.1 Å². The topological polar surface area (TPSA) is 66.8 Å². The molecule has 1 N–H and O–H groups in total. The highest BCUT2D eigenvalue weighted by atomic mass is 32.2. The van der Waals surface area contributed by atoms with Gasteiger partial charge in [-0.2, -0.15) is 4.31 Å². The van der Waals surface area contributed by atoms with Crippen LogP contribution in [0.15, 0.2) is 0 Å². The third kappa shape index (κ3) is 1.69. The molecule has 0 aromatic rings. The molecule has 1 aliphatic heterocycles. The Kier molecular flexibility index (Phi) is 3.03. The van der Waals surface area contributed by atoms with E-state index in [1.807, 2.05) is 0 Å². The standard InChI is InChI=1S/C9H17NO4S/c11-8-9(2-1-3-9)15(12,13)10-4-6-14-7-5-10/h11H,1-8H2. The van der Waals surface area contributed by atoms with Crippen LogP contribution in [0.1, 0.15) is 19.3 Å². The third-order valence-electron chi connectivity index (χ3n) is 3.41. The van der Waals surface area contributed by atoms with Gasteiger partial charge >= 0.3 is 0 Å². The lowest BCUT2D eigenvalue weighted by Crippen LogP contribution is -2.57. The average Bonchev–Trinajstić information content (AvgIpc) is 2.18. The van der Waals surface area contributed by atoms with E-state index in [2.05, 4.69) is 0 Å². The Morgan fingerprint density at radius 1 is 1.27 bits per heavy atom. The molecule has 1 heterocycles. The maximum Gasteiger partial charge on any atom is 0.222 e. The summed E-state index contributed by atoms with van der Waals surface area (Å²) in [6, 6.07) is 0. The van der Waals surface area contributed by atoms with Gasteiger partial charge < -0.3 is 9.84 Å². The SMILES string of the molecule is O=S(=O)(N1CCOCC1)C1(CO)CCC1. The molecule has 5 nitrogen and oxygen atoms in total. The van der Waals surface area contributed by atoms with Crippen molar-refractivity contribution in [2.45, 2.75) is 24.0 Å². The van der Waals surface area contributed by atoms with Crippen molar-refractivity contribution in [2.75, 3.05) is 32.9 Å². The van der Waals surface area contributed by atoms with E-state index in [1.54, 1.807) is 0 Å². The molecule has 88 valence electrons. The minimum atomic E-state index is -3.33. The summed E-state index contributed by atoms with van der Waals surface area (Å²) in [4.78, 5) is 0. The zero-order valence-corrected chi connectivity index (χ0v) is 9.50. The molecule has 2 fully saturated rings. The zero-order chi connectivity index (χ0) is 10.9. The Hall–Kier alpha value is -0.170. The summed E-state index contributed by atoms with van der Waals surface area (Å²) >= 11 is 0. The van der Waals surface area contributed by atoms with Gasteiger partial charge in [0.25, 0.3) is 0 Å². The van der Waals surface area contributed by atoms with Crippen LogP contribution in [0.2, 0.25) is 0 Å². The largest absolute Gasteiger partial charge is 0.395 e. The molecule has 0 radical (unpaired) electrons. The number of rotatable bonds is 3. The predicted octanol–water partition coefficient (Wildman–Crippen LogP) is -0.437. The number of hydrogen-bond donors (Lipinski definition) is 1. The van der Waals surface area contributed by atoms with Gasteiger partial charge in [-0.05, 0) is 12.8 Å². The first kappa shape index (κ1) is 11.3. The smallest absolute Gasteiger partial charge is 0.222 e. The molecule has 2 aliphatic rings. The fourth-order valence-electron chi connectivity index (χ4n) is 2.13. The van der Waals surface area contributed by atoms with Crippen LogP contribution in [0.3, 0.4) is 0 Å². The molecule has 0 atom stereocenters. The van der Waals surface area contributed by atoms with Crippen LogP contribution in [-0.2, 0) is 14.8 Å². The summed E-state index contributed by atoms with van der Waals surface area (Å²) in [6.45, 7) is 1.50. The van der Waals surface area contributed by atoms with E-state index >= 15 is 0 Å². The van der Waals surface area contributed by atoms with Crippen molar-refractivity contribution >= 4 is 10.0 Å². The van der Waals surface area contributed by atoms with Crippen LogP contribution < -0.4 is 0 Å². The normalized spacial score (nSPS) is 27.3. The molecule has 1 saturated heterocycles. The van der Waals surface area contributed by atoms with Crippen LogP contribution in [0.25, 0.3) is 0 Å². The van der Waals surface area contributed by atoms with Crippen molar-refractivity contribution in [1.29, 1.82) is 0 Å². The minimum absolute atomic E-state index is 0.257. The second kappa shape index (κ2) is 4.01. The van der Waals surface area contributed by atoms with E-state index in [1.165, 1.54) is 4.31 Å². The predicted molar refractivity (Wildman–Crippen MR) is 55.0 cm³/mol. The van der Waals surface area contributed by atoms with E-state index in [9.17, 15) is 13.5 Å². The summed E-state index contributed by atoms with van der Waals surface area (Å²) in [5, 5.41) is 9.27. The molecule has 1 saturated carbocycles. The second-order valence-corrected chi connectivity index (χ2v) is 6.54. The average molecular weight is 235 g/mol. The number of aliphatic hydroxyl groups is 1. The first-order valence-electron chi connectivity index (χ1n) is 5.31. The minimum Gasteiger partial charge on any atom is -0.395 e. The summed E-state index contributed by atoms with van der Waals surface area (Å²) in [6.07, 6.45) is 2.07. The molecule has 6 heteroatoms. The summed E-state index contributed by atoms with van der Waals surface area (Å²) in [7, 11) is -3.33. The van der Waals surface area contributed by atoms with Gasteiger partial charge in [0.15, 0.2) is 0 Å². The quantitative estimate of drug-likeness (QED) is 0.720. The van der Waals surface area contributed by atoms with Crippen LogP contribution >= 0.6 is 0 Å². The summed E-state index contributed by atoms with van der Waals surface area (Å²) in [5.74, 6) is 0. The lowest BCUT2D eigenvalue weighted by Gasteiger charge is -2.43. The molecule has 0 spiro atoms. The molecule has 0 aromatic heterocycles. The first-order chi connectivity index (χ1) is 7.12. The van der Waals surface area contributed by atoms with Gasteiger partial charge in [0.05, 0.1) is 19.8 Å². The van der Waals surface area contributed by atoms with E-state index in [0.29, 0.717) is 39.1 Å². The van der Waals surface area contributed by atoms with Crippen LogP contribution in [0.4, 0.5) is 0 Å². The van der Waals surface area contributed by atoms with Crippen LogP contribution in [0, 0.1) is 0 Å². The van der Waals surface area contributed by atoms with Gasteiger partial charge in [-0.1, -0.05) is 6.42 Å².